The van der Waals surface area contributed by atoms with Gasteiger partial charge in [-0.25, -0.2) is 4.99 Å². The molecule has 1 N–H and O–H groups in total. The van der Waals surface area contributed by atoms with Gasteiger partial charge < -0.3 is 9.84 Å². The maximum Gasteiger partial charge on any atom is 0.309 e. The molecular weight excluding hydrogens is 254 g/mol. The maximum atomic E-state index is 11.1. The van der Waals surface area contributed by atoms with Crippen molar-refractivity contribution in [2.45, 2.75) is 20.0 Å². The summed E-state index contributed by atoms with van der Waals surface area (Å²) in [5.41, 5.74) is 2.82. The minimum Gasteiger partial charge on any atom is -0.469 e. The number of aliphatic imine (C=N–C) groups is 1. The van der Waals surface area contributed by atoms with Crippen molar-refractivity contribution in [3.63, 3.8) is 0 Å². The molecule has 0 fully saturated rings. The maximum absolute atomic E-state index is 11.1. The second kappa shape index (κ2) is 7.93. The van der Waals surface area contributed by atoms with Crippen molar-refractivity contribution in [1.82, 2.24) is 0 Å². The van der Waals surface area contributed by atoms with Gasteiger partial charge in [0.05, 0.1) is 20.1 Å². The molecule has 0 amide bonds. The van der Waals surface area contributed by atoms with Crippen molar-refractivity contribution in [3.8, 4) is 12.3 Å². The third-order valence-electron chi connectivity index (χ3n) is 2.61. The molecule has 0 aliphatic rings. The lowest BCUT2D eigenvalue weighted by atomic mass is 10.1. The number of nitrogens with zero attached hydrogens (tertiary/aromatic N) is 1. The summed E-state index contributed by atoms with van der Waals surface area (Å²) in [5.74, 6) is 2.19. The summed E-state index contributed by atoms with van der Waals surface area (Å²) in [4.78, 5) is 15.3. The number of ether oxygens (including phenoxy) is 1. The Balaban J connectivity index is 2.89. The Hall–Kier alpha value is -2.38. The lowest BCUT2D eigenvalue weighted by molar-refractivity contribution is -0.139. The first-order valence-electron chi connectivity index (χ1n) is 6.07. The van der Waals surface area contributed by atoms with E-state index in [9.17, 15) is 4.79 Å². The molecule has 104 valence electrons. The van der Waals surface area contributed by atoms with Crippen molar-refractivity contribution in [1.29, 1.82) is 0 Å². The van der Waals surface area contributed by atoms with Gasteiger partial charge in [0.1, 0.15) is 5.71 Å². The highest BCUT2D eigenvalue weighted by molar-refractivity contribution is 6.12. The smallest absolute Gasteiger partial charge is 0.309 e. The summed E-state index contributed by atoms with van der Waals surface area (Å²) in [6, 6.07) is 7.17. The normalized spacial score (nSPS) is 11.9. The Labute approximate surface area is 118 Å². The zero-order chi connectivity index (χ0) is 15.0. The Bertz CT molecular complexity index is 562. The van der Waals surface area contributed by atoms with Crippen molar-refractivity contribution in [2.24, 2.45) is 4.99 Å². The van der Waals surface area contributed by atoms with Crippen molar-refractivity contribution in [2.75, 3.05) is 7.11 Å². The van der Waals surface area contributed by atoms with E-state index in [1.165, 1.54) is 7.11 Å². The Kier molecular flexibility index (Phi) is 6.21. The number of aliphatic hydroxyl groups excluding tert-OH is 1. The van der Waals surface area contributed by atoms with Gasteiger partial charge in [-0.3, -0.25) is 4.79 Å². The lowest BCUT2D eigenvalue weighted by Gasteiger charge is -2.01. The highest BCUT2D eigenvalue weighted by atomic mass is 16.5. The summed E-state index contributed by atoms with van der Waals surface area (Å²) in [6.45, 7) is 1.77. The highest BCUT2D eigenvalue weighted by Gasteiger charge is 2.02. The van der Waals surface area contributed by atoms with Crippen LogP contribution >= 0.6 is 0 Å². The van der Waals surface area contributed by atoms with E-state index in [0.717, 1.165) is 16.7 Å². The summed E-state index contributed by atoms with van der Waals surface area (Å²) in [6.07, 6.45) is 7.18. The average molecular weight is 271 g/mol. The molecule has 0 heterocycles. The van der Waals surface area contributed by atoms with E-state index in [2.05, 4.69) is 15.6 Å². The molecule has 0 aliphatic carbocycles. The van der Waals surface area contributed by atoms with Gasteiger partial charge in [0, 0.05) is 11.8 Å². The van der Waals surface area contributed by atoms with Gasteiger partial charge in [0.25, 0.3) is 0 Å². The van der Waals surface area contributed by atoms with Crippen LogP contribution in [0, 0.1) is 12.3 Å². The Morgan fingerprint density at radius 1 is 1.45 bits per heavy atom. The number of rotatable bonds is 5. The van der Waals surface area contributed by atoms with Crippen LogP contribution in [0.15, 0.2) is 41.0 Å². The van der Waals surface area contributed by atoms with Gasteiger partial charge in [-0.15, -0.1) is 6.42 Å². The molecule has 0 saturated heterocycles. The number of carbonyl (C=O) groups is 1. The molecule has 0 spiro atoms. The number of esters is 1. The molecule has 0 aromatic heterocycles. The fraction of sp³-hybridized carbons (Fsp3) is 0.250. The molecule has 0 aliphatic heterocycles. The van der Waals surface area contributed by atoms with Gasteiger partial charge in [-0.1, -0.05) is 24.3 Å². The van der Waals surface area contributed by atoms with E-state index in [-0.39, 0.29) is 19.0 Å². The highest BCUT2D eigenvalue weighted by Crippen LogP contribution is 2.07. The predicted octanol–water partition coefficient (Wildman–Crippen LogP) is 2.07. The third kappa shape index (κ3) is 4.71. The monoisotopic (exact) mass is 271 g/mol. The molecule has 4 heteroatoms. The van der Waals surface area contributed by atoms with E-state index in [4.69, 9.17) is 11.5 Å². The zero-order valence-electron chi connectivity index (χ0n) is 11.6. The summed E-state index contributed by atoms with van der Waals surface area (Å²) < 4.78 is 4.57. The number of hydrogen-bond acceptors (Lipinski definition) is 4. The number of methoxy groups -OCH3 is 1. The largest absolute Gasteiger partial charge is 0.469 e. The first kappa shape index (κ1) is 15.7. The number of terminal acetylenes is 1. The molecule has 0 unspecified atom stereocenters. The van der Waals surface area contributed by atoms with E-state index >= 15 is 0 Å². The molecule has 1 aromatic rings. The molecule has 20 heavy (non-hydrogen) atoms. The van der Waals surface area contributed by atoms with Gasteiger partial charge in [0.2, 0.25) is 0 Å². The Morgan fingerprint density at radius 2 is 2.10 bits per heavy atom. The number of aliphatic hydroxyl groups is 1. The van der Waals surface area contributed by atoms with Gasteiger partial charge >= 0.3 is 5.97 Å². The zero-order valence-corrected chi connectivity index (χ0v) is 11.6. The van der Waals surface area contributed by atoms with Crippen LogP contribution in [-0.4, -0.2) is 23.9 Å². The van der Waals surface area contributed by atoms with Gasteiger partial charge in [-0.2, -0.15) is 0 Å². The molecule has 0 saturated carbocycles. The second-order valence-electron chi connectivity index (χ2n) is 4.21. The molecule has 1 rings (SSSR count). The summed E-state index contributed by atoms with van der Waals surface area (Å²) >= 11 is 0. The van der Waals surface area contributed by atoms with E-state index in [1.54, 1.807) is 37.4 Å². The first-order valence-corrected chi connectivity index (χ1v) is 6.07. The van der Waals surface area contributed by atoms with Crippen LogP contribution in [0.1, 0.15) is 24.5 Å². The first-order chi connectivity index (χ1) is 9.60. The van der Waals surface area contributed by atoms with Crippen LogP contribution in [0.5, 0.6) is 0 Å². The van der Waals surface area contributed by atoms with Crippen LogP contribution in [0.3, 0.4) is 0 Å². The van der Waals surface area contributed by atoms with Crippen molar-refractivity contribution in [3.05, 3.63) is 47.2 Å². The summed E-state index contributed by atoms with van der Waals surface area (Å²) in [5, 5.41) is 8.98. The topological polar surface area (TPSA) is 58.9 Å². The van der Waals surface area contributed by atoms with Crippen LogP contribution in [0.2, 0.25) is 0 Å². The Morgan fingerprint density at radius 3 is 2.60 bits per heavy atom. The van der Waals surface area contributed by atoms with Crippen LogP contribution in [0.25, 0.3) is 0 Å². The minimum atomic E-state index is -0.316. The molecule has 0 bridgehead atoms. The SMILES string of the molecule is C#CC(=N/C=C(\C)CC(=O)OC)c1ccc(CO)cc1. The van der Waals surface area contributed by atoms with Crippen LogP contribution in [0.4, 0.5) is 0 Å². The van der Waals surface area contributed by atoms with Crippen LogP contribution in [-0.2, 0) is 16.1 Å². The number of carbonyl (C=O) groups excluding carboxylic acids is 1. The van der Waals surface area contributed by atoms with Crippen LogP contribution < -0.4 is 0 Å². The van der Waals surface area contributed by atoms with Gasteiger partial charge in [-0.05, 0) is 24.0 Å². The van der Waals surface area contributed by atoms with Gasteiger partial charge in [0.15, 0.2) is 0 Å². The van der Waals surface area contributed by atoms with E-state index < -0.39 is 0 Å². The standard InChI is InChI=1S/C16H17NO3/c1-4-15(14-7-5-13(11-18)6-8-14)17-10-12(2)9-16(19)20-3/h1,5-8,10,18H,9,11H2,2-3H3/b12-10+,17-15?. The fourth-order valence-corrected chi connectivity index (χ4v) is 1.48. The fourth-order valence-electron chi connectivity index (χ4n) is 1.48. The van der Waals surface area contributed by atoms with E-state index in [0.29, 0.717) is 5.71 Å². The molecular formula is C16H17NO3. The number of hydrogen-bond donors (Lipinski definition) is 1. The average Bonchev–Trinajstić information content (AvgIpc) is 2.48. The quantitative estimate of drug-likeness (QED) is 0.506. The second-order valence-corrected chi connectivity index (χ2v) is 4.21. The molecule has 0 radical (unpaired) electrons. The predicted molar refractivity (Wildman–Crippen MR) is 78.1 cm³/mol. The van der Waals surface area contributed by atoms with Crippen molar-refractivity contribution >= 4 is 11.7 Å². The lowest BCUT2D eigenvalue weighted by Crippen LogP contribution is -2.00. The molecule has 1 aromatic carbocycles. The van der Waals surface area contributed by atoms with E-state index in [1.807, 2.05) is 0 Å². The van der Waals surface area contributed by atoms with Crippen molar-refractivity contribution < 1.29 is 14.6 Å². The third-order valence-corrected chi connectivity index (χ3v) is 2.61. The molecule has 0 atom stereocenters. The molecule has 4 nitrogen and oxygen atoms in total. The number of benzene rings is 1. The summed E-state index contributed by atoms with van der Waals surface area (Å²) in [7, 11) is 1.34. The minimum absolute atomic E-state index is 0.0129.